The Labute approximate surface area is 118 Å². The molecule has 0 spiro atoms. The minimum Gasteiger partial charge on any atom is -0.383 e. The van der Waals surface area contributed by atoms with Crippen LogP contribution in [-0.4, -0.2) is 42.6 Å². The van der Waals surface area contributed by atoms with Crippen molar-refractivity contribution >= 4 is 5.91 Å². The van der Waals surface area contributed by atoms with Gasteiger partial charge in [0, 0.05) is 33.2 Å². The maximum absolute atomic E-state index is 11.4. The summed E-state index contributed by atoms with van der Waals surface area (Å²) in [5.74, 6) is 4.66. The normalized spacial score (nSPS) is 10.3. The topological polar surface area (TPSA) is 104 Å². The molecule has 1 amide bonds. The van der Waals surface area contributed by atoms with Crippen molar-refractivity contribution in [2.45, 2.75) is 13.0 Å². The minimum absolute atomic E-state index is 0.275. The van der Waals surface area contributed by atoms with Gasteiger partial charge in [-0.25, -0.2) is 10.8 Å². The van der Waals surface area contributed by atoms with Crippen LogP contribution in [0.25, 0.3) is 0 Å². The number of rotatable bonds is 8. The van der Waals surface area contributed by atoms with Crippen molar-refractivity contribution in [2.24, 2.45) is 5.84 Å². The van der Waals surface area contributed by atoms with E-state index in [0.717, 1.165) is 5.69 Å². The molecule has 0 fully saturated rings. The van der Waals surface area contributed by atoms with Gasteiger partial charge in [-0.2, -0.15) is 5.26 Å². The number of nitrogens with one attached hydrogen (secondary N) is 1. The molecule has 108 valence electrons. The second kappa shape index (κ2) is 8.98. The summed E-state index contributed by atoms with van der Waals surface area (Å²) < 4.78 is 5.04. The van der Waals surface area contributed by atoms with Gasteiger partial charge in [-0.15, -0.1) is 0 Å². The third-order valence-corrected chi connectivity index (χ3v) is 2.71. The highest BCUT2D eigenvalue weighted by molar-refractivity contribution is 5.91. The minimum atomic E-state index is -0.424. The van der Waals surface area contributed by atoms with Crippen LogP contribution in [0.4, 0.5) is 0 Å². The predicted molar refractivity (Wildman–Crippen MR) is 73.3 cm³/mol. The molecule has 0 aliphatic rings. The lowest BCUT2D eigenvalue weighted by atomic mass is 10.2. The highest BCUT2D eigenvalue weighted by Gasteiger charge is 2.09. The summed E-state index contributed by atoms with van der Waals surface area (Å²) in [4.78, 5) is 17.7. The molecule has 0 atom stereocenters. The monoisotopic (exact) mass is 277 g/mol. The number of amides is 1. The number of nitrogens with two attached hydrogens (primary N) is 1. The molecule has 0 bridgehead atoms. The largest absolute Gasteiger partial charge is 0.383 e. The van der Waals surface area contributed by atoms with Gasteiger partial charge in [0.1, 0.15) is 5.69 Å². The Morgan fingerprint density at radius 3 is 3.00 bits per heavy atom. The molecule has 0 radical (unpaired) electrons. The molecular formula is C13H19N5O2. The smallest absolute Gasteiger partial charge is 0.283 e. The van der Waals surface area contributed by atoms with Crippen molar-refractivity contribution < 1.29 is 9.53 Å². The van der Waals surface area contributed by atoms with E-state index < -0.39 is 5.91 Å². The van der Waals surface area contributed by atoms with E-state index in [0.29, 0.717) is 32.7 Å². The second-order valence-electron chi connectivity index (χ2n) is 4.16. The van der Waals surface area contributed by atoms with E-state index in [1.54, 1.807) is 19.2 Å². The van der Waals surface area contributed by atoms with Gasteiger partial charge in [-0.05, 0) is 12.1 Å². The van der Waals surface area contributed by atoms with Gasteiger partial charge < -0.3 is 4.74 Å². The van der Waals surface area contributed by atoms with Crippen molar-refractivity contribution in [1.29, 1.82) is 5.26 Å². The van der Waals surface area contributed by atoms with Gasteiger partial charge in [-0.1, -0.05) is 6.07 Å². The fourth-order valence-electron chi connectivity index (χ4n) is 1.70. The third-order valence-electron chi connectivity index (χ3n) is 2.71. The Morgan fingerprint density at radius 1 is 1.55 bits per heavy atom. The summed E-state index contributed by atoms with van der Waals surface area (Å²) in [6, 6.07) is 7.30. The predicted octanol–water partition coefficient (Wildman–Crippen LogP) is 0.0472. The Balaban J connectivity index is 2.71. The zero-order chi connectivity index (χ0) is 14.8. The maximum atomic E-state index is 11.4. The first kappa shape index (κ1) is 16.0. The number of nitriles is 1. The highest BCUT2D eigenvalue weighted by Crippen LogP contribution is 2.05. The number of carbonyl (C=O) groups is 1. The summed E-state index contributed by atoms with van der Waals surface area (Å²) in [7, 11) is 1.63. The average Bonchev–Trinajstić information content (AvgIpc) is 2.49. The zero-order valence-corrected chi connectivity index (χ0v) is 11.5. The van der Waals surface area contributed by atoms with Gasteiger partial charge in [0.25, 0.3) is 5.91 Å². The van der Waals surface area contributed by atoms with Crippen molar-refractivity contribution in [2.75, 3.05) is 26.8 Å². The van der Waals surface area contributed by atoms with Gasteiger partial charge in [-0.3, -0.25) is 15.1 Å². The molecule has 7 nitrogen and oxygen atoms in total. The summed E-state index contributed by atoms with van der Waals surface area (Å²) >= 11 is 0. The van der Waals surface area contributed by atoms with E-state index in [1.807, 2.05) is 6.07 Å². The van der Waals surface area contributed by atoms with Crippen LogP contribution in [0.1, 0.15) is 22.6 Å². The number of methoxy groups -OCH3 is 1. The molecule has 1 heterocycles. The molecule has 0 aromatic carbocycles. The number of nitrogens with zero attached hydrogens (tertiary/aromatic N) is 3. The van der Waals surface area contributed by atoms with Crippen LogP contribution in [0.2, 0.25) is 0 Å². The van der Waals surface area contributed by atoms with E-state index in [9.17, 15) is 4.79 Å². The lowest BCUT2D eigenvalue weighted by Crippen LogP contribution is -2.31. The van der Waals surface area contributed by atoms with Crippen LogP contribution in [0.5, 0.6) is 0 Å². The number of carbonyl (C=O) groups excluding carboxylic acids is 1. The zero-order valence-electron chi connectivity index (χ0n) is 11.5. The fraction of sp³-hybridized carbons (Fsp3) is 0.462. The number of ether oxygens (including phenoxy) is 1. The Hall–Kier alpha value is -2.01. The first-order valence-electron chi connectivity index (χ1n) is 6.26. The van der Waals surface area contributed by atoms with Crippen LogP contribution in [0.15, 0.2) is 18.2 Å². The third kappa shape index (κ3) is 5.32. The van der Waals surface area contributed by atoms with Gasteiger partial charge in [0.05, 0.1) is 18.4 Å². The molecule has 20 heavy (non-hydrogen) atoms. The van der Waals surface area contributed by atoms with Crippen molar-refractivity contribution in [1.82, 2.24) is 15.3 Å². The number of hydrazine groups is 1. The number of hydrogen-bond acceptors (Lipinski definition) is 6. The fourth-order valence-corrected chi connectivity index (χ4v) is 1.70. The summed E-state index contributed by atoms with van der Waals surface area (Å²) in [6.07, 6.45) is 0.437. The second-order valence-corrected chi connectivity index (χ2v) is 4.16. The van der Waals surface area contributed by atoms with E-state index >= 15 is 0 Å². The molecule has 0 saturated carbocycles. The summed E-state index contributed by atoms with van der Waals surface area (Å²) in [5, 5.41) is 8.67. The molecule has 0 saturated heterocycles. The highest BCUT2D eigenvalue weighted by atomic mass is 16.5. The van der Waals surface area contributed by atoms with Crippen LogP contribution < -0.4 is 11.3 Å². The van der Waals surface area contributed by atoms with Crippen LogP contribution in [-0.2, 0) is 11.3 Å². The number of nitrogen functional groups attached to an aromatic ring is 1. The van der Waals surface area contributed by atoms with E-state index in [-0.39, 0.29) is 5.69 Å². The number of hydrogen-bond donors (Lipinski definition) is 2. The van der Waals surface area contributed by atoms with Crippen LogP contribution >= 0.6 is 0 Å². The van der Waals surface area contributed by atoms with Crippen LogP contribution in [0.3, 0.4) is 0 Å². The Morgan fingerprint density at radius 2 is 2.35 bits per heavy atom. The molecule has 1 rings (SSSR count). The molecule has 1 aromatic rings. The lowest BCUT2D eigenvalue weighted by molar-refractivity contribution is 0.0948. The van der Waals surface area contributed by atoms with E-state index in [1.165, 1.54) is 0 Å². The van der Waals surface area contributed by atoms with Gasteiger partial charge in [0.2, 0.25) is 0 Å². The number of pyridine rings is 1. The van der Waals surface area contributed by atoms with Gasteiger partial charge in [0.15, 0.2) is 0 Å². The van der Waals surface area contributed by atoms with Crippen molar-refractivity contribution in [3.05, 3.63) is 29.6 Å². The van der Waals surface area contributed by atoms with Crippen LogP contribution in [0, 0.1) is 11.3 Å². The van der Waals surface area contributed by atoms with Gasteiger partial charge >= 0.3 is 0 Å². The Bertz CT molecular complexity index is 472. The average molecular weight is 277 g/mol. The van der Waals surface area contributed by atoms with E-state index in [2.05, 4.69) is 21.4 Å². The molecule has 7 heteroatoms. The molecule has 3 N–H and O–H groups in total. The quantitative estimate of drug-likeness (QED) is 0.395. The molecule has 0 unspecified atom stereocenters. The molecule has 0 aliphatic carbocycles. The standard InChI is InChI=1S/C13H19N5O2/c1-20-9-8-18(7-3-6-14)10-11-4-2-5-12(16-11)13(19)17-15/h2,4-5H,3,7-10,15H2,1H3,(H,17,19). The Kier molecular flexibility index (Phi) is 7.21. The molecule has 0 aliphatic heterocycles. The van der Waals surface area contributed by atoms with Crippen molar-refractivity contribution in [3.63, 3.8) is 0 Å². The maximum Gasteiger partial charge on any atom is 0.283 e. The SMILES string of the molecule is COCCN(CCC#N)Cc1cccc(C(=O)NN)n1. The first-order chi connectivity index (χ1) is 9.71. The lowest BCUT2D eigenvalue weighted by Gasteiger charge is -2.20. The summed E-state index contributed by atoms with van der Waals surface area (Å²) in [6.45, 7) is 2.47. The van der Waals surface area contributed by atoms with E-state index in [4.69, 9.17) is 15.8 Å². The molecular weight excluding hydrogens is 258 g/mol. The summed E-state index contributed by atoms with van der Waals surface area (Å²) in [5.41, 5.74) is 3.08. The first-order valence-corrected chi connectivity index (χ1v) is 6.26. The number of aromatic nitrogens is 1. The molecule has 1 aromatic heterocycles. The van der Waals surface area contributed by atoms with Crippen molar-refractivity contribution in [3.8, 4) is 6.07 Å².